The van der Waals surface area contributed by atoms with Crippen molar-refractivity contribution in [2.24, 2.45) is 4.99 Å². The molecule has 3 heteroatoms. The second-order valence-corrected chi connectivity index (χ2v) is 6.91. The Morgan fingerprint density at radius 2 is 2.04 bits per heavy atom. The van der Waals surface area contributed by atoms with Gasteiger partial charge in [-0.05, 0) is 42.2 Å². The van der Waals surface area contributed by atoms with Crippen LogP contribution in [0.1, 0.15) is 42.9 Å². The molecule has 2 aliphatic heterocycles. The number of aliphatic imine (C=N–C) groups is 1. The molecule has 1 N–H and O–H groups in total. The number of anilines is 1. The molecule has 0 radical (unpaired) electrons. The molecule has 2 heterocycles. The first-order valence-electron chi connectivity index (χ1n) is 9.20. The number of nitrogens with zero attached hydrogens (tertiary/aromatic N) is 2. The van der Waals surface area contributed by atoms with Gasteiger partial charge in [0.15, 0.2) is 0 Å². The van der Waals surface area contributed by atoms with Gasteiger partial charge in [-0.1, -0.05) is 44.7 Å². The lowest BCUT2D eigenvalue weighted by molar-refractivity contribution is 0.688. The van der Waals surface area contributed by atoms with Crippen molar-refractivity contribution in [1.82, 2.24) is 5.32 Å². The molecular formula is C22H25N3. The predicted octanol–water partition coefficient (Wildman–Crippen LogP) is 4.87. The van der Waals surface area contributed by atoms with Gasteiger partial charge in [-0.25, -0.2) is 4.99 Å². The number of nitrogens with one attached hydrogen (secondary N) is 1. The normalized spacial score (nSPS) is 18.5. The van der Waals surface area contributed by atoms with Crippen molar-refractivity contribution < 1.29 is 0 Å². The van der Waals surface area contributed by atoms with Gasteiger partial charge in [0.05, 0.1) is 12.2 Å². The number of hydrogen-bond acceptors (Lipinski definition) is 3. The van der Waals surface area contributed by atoms with Crippen LogP contribution in [0.3, 0.4) is 0 Å². The lowest BCUT2D eigenvalue weighted by atomic mass is 9.99. The number of fused-ring (bicyclic) bond motifs is 2. The molecule has 0 bridgehead atoms. The van der Waals surface area contributed by atoms with Crippen LogP contribution in [0.4, 0.5) is 11.4 Å². The Labute approximate surface area is 150 Å². The second-order valence-electron chi connectivity index (χ2n) is 6.91. The van der Waals surface area contributed by atoms with Crippen LogP contribution in [0.5, 0.6) is 0 Å². The molecule has 2 aliphatic rings. The van der Waals surface area contributed by atoms with Crippen molar-refractivity contribution in [3.63, 3.8) is 0 Å². The maximum atomic E-state index is 4.86. The summed E-state index contributed by atoms with van der Waals surface area (Å²) in [5, 5.41) is 3.43. The van der Waals surface area contributed by atoms with Crippen molar-refractivity contribution in [2.45, 2.75) is 32.6 Å². The molecule has 0 saturated heterocycles. The van der Waals surface area contributed by atoms with E-state index in [0.29, 0.717) is 5.92 Å². The highest BCUT2D eigenvalue weighted by molar-refractivity contribution is 6.00. The summed E-state index contributed by atoms with van der Waals surface area (Å²) in [7, 11) is 0. The summed E-state index contributed by atoms with van der Waals surface area (Å²) in [5.74, 6) is 1.59. The molecule has 4 rings (SSSR count). The van der Waals surface area contributed by atoms with E-state index in [9.17, 15) is 0 Å². The average Bonchev–Trinajstić information content (AvgIpc) is 2.99. The number of benzene rings is 2. The van der Waals surface area contributed by atoms with Crippen molar-refractivity contribution in [3.05, 3.63) is 65.7 Å². The summed E-state index contributed by atoms with van der Waals surface area (Å²) in [4.78, 5) is 7.30. The summed E-state index contributed by atoms with van der Waals surface area (Å²) in [5.41, 5.74) is 7.23. The predicted molar refractivity (Wildman–Crippen MR) is 107 cm³/mol. The molecule has 0 spiro atoms. The summed E-state index contributed by atoms with van der Waals surface area (Å²) < 4.78 is 0. The van der Waals surface area contributed by atoms with Crippen LogP contribution in [0.15, 0.2) is 54.0 Å². The fourth-order valence-corrected chi connectivity index (χ4v) is 3.90. The Morgan fingerprint density at radius 1 is 1.20 bits per heavy atom. The van der Waals surface area contributed by atoms with Gasteiger partial charge >= 0.3 is 0 Å². The first-order valence-corrected chi connectivity index (χ1v) is 9.20. The Kier molecular flexibility index (Phi) is 4.08. The van der Waals surface area contributed by atoms with E-state index in [1.807, 2.05) is 0 Å². The van der Waals surface area contributed by atoms with Crippen LogP contribution >= 0.6 is 0 Å². The second kappa shape index (κ2) is 6.40. The highest BCUT2D eigenvalue weighted by Crippen LogP contribution is 2.38. The Bertz CT molecular complexity index is 850. The minimum atomic E-state index is 0.614. The molecule has 0 saturated carbocycles. The zero-order chi connectivity index (χ0) is 17.4. The minimum Gasteiger partial charge on any atom is -0.363 e. The van der Waals surface area contributed by atoms with Gasteiger partial charge in [0.1, 0.15) is 5.84 Å². The van der Waals surface area contributed by atoms with Crippen LogP contribution in [-0.2, 0) is 6.42 Å². The lowest BCUT2D eigenvalue weighted by Gasteiger charge is -2.26. The maximum Gasteiger partial charge on any atom is 0.126 e. The molecule has 0 amide bonds. The number of hydrogen-bond donors (Lipinski definition) is 1. The molecule has 0 fully saturated rings. The van der Waals surface area contributed by atoms with Gasteiger partial charge in [-0.15, -0.1) is 0 Å². The van der Waals surface area contributed by atoms with Gasteiger partial charge in [-0.3, -0.25) is 0 Å². The molecule has 2 aromatic carbocycles. The van der Waals surface area contributed by atoms with Crippen molar-refractivity contribution in [2.75, 3.05) is 18.0 Å². The van der Waals surface area contributed by atoms with Crippen molar-refractivity contribution in [1.29, 1.82) is 0 Å². The van der Waals surface area contributed by atoms with Gasteiger partial charge in [0, 0.05) is 29.4 Å². The van der Waals surface area contributed by atoms with E-state index in [1.54, 1.807) is 0 Å². The molecule has 2 aromatic rings. The third-order valence-electron chi connectivity index (χ3n) is 5.34. The largest absolute Gasteiger partial charge is 0.363 e. The van der Waals surface area contributed by atoms with E-state index in [1.165, 1.54) is 23.2 Å². The van der Waals surface area contributed by atoms with E-state index < -0.39 is 0 Å². The Balaban J connectivity index is 1.61. The lowest BCUT2D eigenvalue weighted by Crippen LogP contribution is -2.37. The first-order chi connectivity index (χ1) is 12.2. The SMILES string of the molecule is C=C1NC(CN2CC(CC)c3ccccc32)=Nc2ccc(CC)cc21. The third kappa shape index (κ3) is 2.84. The molecule has 0 aliphatic carbocycles. The molecule has 128 valence electrons. The molecule has 1 unspecified atom stereocenters. The summed E-state index contributed by atoms with van der Waals surface area (Å²) in [6, 6.07) is 15.2. The van der Waals surface area contributed by atoms with Crippen molar-refractivity contribution in [3.8, 4) is 0 Å². The van der Waals surface area contributed by atoms with Crippen LogP contribution in [0.25, 0.3) is 5.70 Å². The quantitative estimate of drug-likeness (QED) is 0.866. The Hall–Kier alpha value is -2.55. The van der Waals surface area contributed by atoms with Crippen LogP contribution in [0, 0.1) is 0 Å². The molecule has 3 nitrogen and oxygen atoms in total. The van der Waals surface area contributed by atoms with E-state index in [2.05, 4.69) is 73.1 Å². The summed E-state index contributed by atoms with van der Waals surface area (Å²) in [6.07, 6.45) is 2.20. The zero-order valence-corrected chi connectivity index (χ0v) is 15.0. The monoisotopic (exact) mass is 331 g/mol. The first kappa shape index (κ1) is 15.9. The topological polar surface area (TPSA) is 27.6 Å². The molecule has 25 heavy (non-hydrogen) atoms. The summed E-state index contributed by atoms with van der Waals surface area (Å²) >= 11 is 0. The highest BCUT2D eigenvalue weighted by Gasteiger charge is 2.28. The van der Waals surface area contributed by atoms with E-state index in [0.717, 1.165) is 42.3 Å². The number of rotatable bonds is 4. The van der Waals surface area contributed by atoms with Gasteiger partial charge in [0.2, 0.25) is 0 Å². The van der Waals surface area contributed by atoms with Crippen molar-refractivity contribution >= 4 is 22.9 Å². The van der Waals surface area contributed by atoms with Gasteiger partial charge < -0.3 is 10.2 Å². The number of amidine groups is 1. The van der Waals surface area contributed by atoms with E-state index in [-0.39, 0.29) is 0 Å². The Morgan fingerprint density at radius 3 is 2.84 bits per heavy atom. The number of aryl methyl sites for hydroxylation is 1. The van der Waals surface area contributed by atoms with Crippen LogP contribution < -0.4 is 10.2 Å². The van der Waals surface area contributed by atoms with Crippen LogP contribution in [0.2, 0.25) is 0 Å². The highest BCUT2D eigenvalue weighted by atomic mass is 15.2. The zero-order valence-electron chi connectivity index (χ0n) is 15.0. The number of para-hydroxylation sites is 1. The maximum absolute atomic E-state index is 4.86. The van der Waals surface area contributed by atoms with E-state index in [4.69, 9.17) is 4.99 Å². The fraction of sp³-hybridized carbons (Fsp3) is 0.318. The van der Waals surface area contributed by atoms with E-state index >= 15 is 0 Å². The smallest absolute Gasteiger partial charge is 0.126 e. The minimum absolute atomic E-state index is 0.614. The molecular weight excluding hydrogens is 306 g/mol. The fourth-order valence-electron chi connectivity index (χ4n) is 3.90. The third-order valence-corrected chi connectivity index (χ3v) is 5.34. The molecule has 1 atom stereocenters. The molecule has 0 aromatic heterocycles. The average molecular weight is 331 g/mol. The summed E-state index contributed by atoms with van der Waals surface area (Å²) in [6.45, 7) is 10.5. The standard InChI is InChI=1S/C22H25N3/c1-4-16-10-11-20-19(12-16)15(3)23-22(24-20)14-25-13-17(5-2)18-8-6-7-9-21(18)25/h6-12,17H,3-5,13-14H2,1-2H3,(H,23,24). The van der Waals surface area contributed by atoms with Gasteiger partial charge in [-0.2, -0.15) is 0 Å². The van der Waals surface area contributed by atoms with Gasteiger partial charge in [0.25, 0.3) is 0 Å². The van der Waals surface area contributed by atoms with Crippen LogP contribution in [-0.4, -0.2) is 18.9 Å².